The number of aromatic nitrogens is 3. The molecule has 45 heavy (non-hydrogen) atoms. The molecule has 0 radical (unpaired) electrons. The Morgan fingerprint density at radius 3 is 2.27 bits per heavy atom. The molecule has 3 heterocycles. The van der Waals surface area contributed by atoms with E-state index in [9.17, 15) is 19.2 Å². The third-order valence-electron chi connectivity index (χ3n) is 7.74. The van der Waals surface area contributed by atoms with Gasteiger partial charge in [-0.2, -0.15) is 0 Å². The van der Waals surface area contributed by atoms with Crippen molar-refractivity contribution in [1.29, 1.82) is 0 Å². The van der Waals surface area contributed by atoms with Crippen molar-refractivity contribution in [3.05, 3.63) is 90.5 Å². The number of ether oxygens (including phenoxy) is 1. The molecule has 4 N–H and O–H groups in total. The van der Waals surface area contributed by atoms with E-state index in [1.54, 1.807) is 24.3 Å². The van der Waals surface area contributed by atoms with Gasteiger partial charge in [-0.3, -0.25) is 23.5 Å². The summed E-state index contributed by atoms with van der Waals surface area (Å²) in [5.41, 5.74) is 7.20. The molecule has 2 aromatic carbocycles. The van der Waals surface area contributed by atoms with Crippen molar-refractivity contribution in [3.63, 3.8) is 0 Å². The van der Waals surface area contributed by atoms with Crippen LogP contribution in [0.1, 0.15) is 35.7 Å². The molecule has 0 spiro atoms. The second kappa shape index (κ2) is 13.3. The van der Waals surface area contributed by atoms with Gasteiger partial charge in [-0.15, -0.1) is 0 Å². The summed E-state index contributed by atoms with van der Waals surface area (Å²) in [5.74, 6) is -0.449. The summed E-state index contributed by atoms with van der Waals surface area (Å²) < 4.78 is 7.86. The van der Waals surface area contributed by atoms with E-state index in [0.717, 1.165) is 16.6 Å². The fraction of sp³-hybridized carbons (Fsp3) is 0.281. The van der Waals surface area contributed by atoms with E-state index in [4.69, 9.17) is 38.7 Å². The van der Waals surface area contributed by atoms with Crippen molar-refractivity contribution in [2.45, 2.75) is 32.4 Å². The van der Waals surface area contributed by atoms with Crippen LogP contribution in [0.4, 0.5) is 0 Å². The van der Waals surface area contributed by atoms with Crippen molar-refractivity contribution in [2.75, 3.05) is 13.2 Å². The molecule has 5 rings (SSSR count). The first kappa shape index (κ1) is 32.0. The third kappa shape index (κ3) is 6.24. The standard InChI is InChI=1S/C32H32Cl2N6O5/c1-4-45-30-17(15-36-16-18-12-14-24(41)37-18)11-13-23(38-30)21-9-5-7-19(26(21)33)20-8-6-10-22(27(20)34)28-25(29(35)42)31(43)40(3)32(44)39(28)2/h5-11,13,18,36H,4,12,14-16H2,1-3H3,(H2,35,42)(H,37,41). The summed E-state index contributed by atoms with van der Waals surface area (Å²) >= 11 is 13.9. The van der Waals surface area contributed by atoms with E-state index in [1.165, 1.54) is 18.7 Å². The van der Waals surface area contributed by atoms with Crippen LogP contribution in [0.3, 0.4) is 0 Å². The molecule has 0 saturated carbocycles. The second-order valence-electron chi connectivity index (χ2n) is 10.7. The van der Waals surface area contributed by atoms with Crippen molar-refractivity contribution < 1.29 is 14.3 Å². The number of primary amides is 1. The van der Waals surface area contributed by atoms with Gasteiger partial charge in [0.05, 0.1) is 28.0 Å². The molecule has 4 aromatic rings. The third-order valence-corrected chi connectivity index (χ3v) is 8.56. The van der Waals surface area contributed by atoms with Crippen molar-refractivity contribution in [2.24, 2.45) is 19.8 Å². The Morgan fingerprint density at radius 2 is 1.64 bits per heavy atom. The van der Waals surface area contributed by atoms with Crippen LogP contribution in [0.15, 0.2) is 58.1 Å². The van der Waals surface area contributed by atoms with Gasteiger partial charge in [-0.1, -0.05) is 65.7 Å². The number of carbonyl (C=O) groups is 2. The van der Waals surface area contributed by atoms with Gasteiger partial charge in [-0.05, 0) is 19.4 Å². The van der Waals surface area contributed by atoms with E-state index < -0.39 is 17.2 Å². The smallest absolute Gasteiger partial charge is 0.330 e. The van der Waals surface area contributed by atoms with Gasteiger partial charge in [0.15, 0.2) is 0 Å². The number of nitrogens with zero attached hydrogens (tertiary/aromatic N) is 3. The first-order valence-corrected chi connectivity index (χ1v) is 15.1. The quantitative estimate of drug-likeness (QED) is 0.237. The van der Waals surface area contributed by atoms with E-state index >= 15 is 0 Å². The minimum Gasteiger partial charge on any atom is -0.478 e. The number of benzene rings is 2. The zero-order chi connectivity index (χ0) is 32.4. The highest BCUT2D eigenvalue weighted by molar-refractivity contribution is 6.39. The number of halogens is 2. The number of nitrogens with one attached hydrogen (secondary N) is 2. The maximum Gasteiger partial charge on any atom is 0.330 e. The Kier molecular flexibility index (Phi) is 9.42. The first-order chi connectivity index (χ1) is 21.5. The normalized spacial score (nSPS) is 14.4. The fourth-order valence-corrected chi connectivity index (χ4v) is 6.11. The average molecular weight is 652 g/mol. The molecule has 0 aliphatic carbocycles. The van der Waals surface area contributed by atoms with Gasteiger partial charge in [0.25, 0.3) is 11.5 Å². The Labute approximate surface area is 268 Å². The lowest BCUT2D eigenvalue weighted by Gasteiger charge is -2.18. The maximum absolute atomic E-state index is 12.9. The molecule has 11 nitrogen and oxygen atoms in total. The zero-order valence-electron chi connectivity index (χ0n) is 24.9. The minimum absolute atomic E-state index is 0.0114. The molecule has 0 bridgehead atoms. The Balaban J connectivity index is 1.53. The number of carbonyl (C=O) groups excluding carboxylic acids is 2. The Bertz CT molecular complexity index is 1940. The van der Waals surface area contributed by atoms with Crippen LogP contribution in [0.25, 0.3) is 33.6 Å². The van der Waals surface area contributed by atoms with E-state index in [2.05, 4.69) is 10.6 Å². The molecule has 2 amide bonds. The molecule has 234 valence electrons. The van der Waals surface area contributed by atoms with Gasteiger partial charge in [0, 0.05) is 67.5 Å². The highest BCUT2D eigenvalue weighted by atomic mass is 35.5. The highest BCUT2D eigenvalue weighted by Crippen LogP contribution is 2.42. The number of nitrogens with two attached hydrogens (primary N) is 1. The van der Waals surface area contributed by atoms with Crippen LogP contribution in [0.5, 0.6) is 5.88 Å². The lowest BCUT2D eigenvalue weighted by Crippen LogP contribution is -2.42. The van der Waals surface area contributed by atoms with Gasteiger partial charge < -0.3 is 21.1 Å². The largest absolute Gasteiger partial charge is 0.478 e. The molecule has 13 heteroatoms. The minimum atomic E-state index is -0.983. The second-order valence-corrected chi connectivity index (χ2v) is 11.4. The number of rotatable bonds is 10. The summed E-state index contributed by atoms with van der Waals surface area (Å²) in [6.07, 6.45) is 1.35. The predicted octanol–water partition coefficient (Wildman–Crippen LogP) is 3.65. The number of hydrogen-bond donors (Lipinski definition) is 3. The van der Waals surface area contributed by atoms with Crippen LogP contribution < -0.4 is 32.4 Å². The van der Waals surface area contributed by atoms with Crippen molar-refractivity contribution in [1.82, 2.24) is 24.8 Å². The number of amides is 2. The zero-order valence-corrected chi connectivity index (χ0v) is 26.5. The molecule has 1 fully saturated rings. The van der Waals surface area contributed by atoms with Crippen LogP contribution in [0.2, 0.25) is 10.0 Å². The summed E-state index contributed by atoms with van der Waals surface area (Å²) in [7, 11) is 2.71. The first-order valence-electron chi connectivity index (χ1n) is 14.3. The molecular weight excluding hydrogens is 619 g/mol. The lowest BCUT2D eigenvalue weighted by molar-refractivity contribution is -0.119. The van der Waals surface area contributed by atoms with E-state index in [1.807, 2.05) is 31.2 Å². The van der Waals surface area contributed by atoms with Crippen LogP contribution >= 0.6 is 23.2 Å². The van der Waals surface area contributed by atoms with Gasteiger partial charge in [0.2, 0.25) is 11.8 Å². The van der Waals surface area contributed by atoms with Crippen molar-refractivity contribution >= 4 is 35.0 Å². The summed E-state index contributed by atoms with van der Waals surface area (Å²) in [6.45, 7) is 3.43. The van der Waals surface area contributed by atoms with Gasteiger partial charge in [0.1, 0.15) is 5.56 Å². The fourth-order valence-electron chi connectivity index (χ4n) is 5.47. The predicted molar refractivity (Wildman–Crippen MR) is 174 cm³/mol. The van der Waals surface area contributed by atoms with E-state index in [-0.39, 0.29) is 33.8 Å². The van der Waals surface area contributed by atoms with Crippen LogP contribution in [-0.4, -0.2) is 45.1 Å². The van der Waals surface area contributed by atoms with Gasteiger partial charge in [-0.25, -0.2) is 9.78 Å². The topological polar surface area (TPSA) is 150 Å². The Hall–Kier alpha value is -4.45. The molecule has 1 saturated heterocycles. The number of pyridine rings is 1. The monoisotopic (exact) mass is 650 g/mol. The summed E-state index contributed by atoms with van der Waals surface area (Å²) in [5, 5.41) is 6.85. The van der Waals surface area contributed by atoms with Crippen LogP contribution in [-0.2, 0) is 25.4 Å². The Morgan fingerprint density at radius 1 is 1.00 bits per heavy atom. The molecule has 2 aromatic heterocycles. The summed E-state index contributed by atoms with van der Waals surface area (Å²) in [6, 6.07) is 14.4. The van der Waals surface area contributed by atoms with E-state index in [0.29, 0.717) is 59.4 Å². The van der Waals surface area contributed by atoms with Crippen molar-refractivity contribution in [3.8, 4) is 39.5 Å². The molecule has 1 unspecified atom stereocenters. The SMILES string of the molecule is CCOc1nc(-c2cccc(-c3cccc(-c4c(C(N)=O)c(=O)n(C)c(=O)n4C)c3Cl)c2Cl)ccc1CNCC1CCC(=O)N1. The van der Waals surface area contributed by atoms with Gasteiger partial charge >= 0.3 is 5.69 Å². The molecule has 1 atom stereocenters. The number of hydrogen-bond acceptors (Lipinski definition) is 7. The summed E-state index contributed by atoms with van der Waals surface area (Å²) in [4.78, 5) is 54.3. The molecule has 1 aliphatic rings. The molecular formula is C32H32Cl2N6O5. The highest BCUT2D eigenvalue weighted by Gasteiger charge is 2.25. The lowest BCUT2D eigenvalue weighted by atomic mass is 9.97. The molecule has 1 aliphatic heterocycles. The maximum atomic E-state index is 12.9. The average Bonchev–Trinajstić information content (AvgIpc) is 3.43. The van der Waals surface area contributed by atoms with Crippen LogP contribution in [0, 0.1) is 0 Å².